The van der Waals surface area contributed by atoms with E-state index >= 15 is 0 Å². The van der Waals surface area contributed by atoms with E-state index < -0.39 is 0 Å². The molecule has 4 aromatic rings. The lowest BCUT2D eigenvalue weighted by atomic mass is 10.1. The van der Waals surface area contributed by atoms with Gasteiger partial charge >= 0.3 is 0 Å². The van der Waals surface area contributed by atoms with E-state index in [9.17, 15) is 0 Å². The summed E-state index contributed by atoms with van der Waals surface area (Å²) in [5.41, 5.74) is 14.6. The Morgan fingerprint density at radius 2 is 1.81 bits per heavy atom. The number of rotatable bonds is 3. The van der Waals surface area contributed by atoms with Gasteiger partial charge < -0.3 is 15.9 Å². The highest BCUT2D eigenvalue weighted by molar-refractivity contribution is 6.36. The van der Waals surface area contributed by atoms with Crippen LogP contribution in [0, 0.1) is 0 Å². The first-order valence-electron chi connectivity index (χ1n) is 7.87. The van der Waals surface area contributed by atoms with E-state index in [1.165, 1.54) is 0 Å². The minimum Gasteiger partial charge on any atom is -0.453 e. The van der Waals surface area contributed by atoms with Crippen molar-refractivity contribution in [1.82, 2.24) is 9.97 Å². The van der Waals surface area contributed by atoms with E-state index in [1.54, 1.807) is 18.2 Å². The fourth-order valence-electron chi connectivity index (χ4n) is 2.81. The Bertz CT molecular complexity index is 1090. The van der Waals surface area contributed by atoms with Gasteiger partial charge in [0.2, 0.25) is 0 Å². The first kappa shape index (κ1) is 16.8. The zero-order valence-electron chi connectivity index (χ0n) is 13.5. The predicted octanol–water partition coefficient (Wildman–Crippen LogP) is 4.90. The second-order valence-corrected chi connectivity index (χ2v) is 6.58. The third-order valence-corrected chi connectivity index (χ3v) is 4.62. The Morgan fingerprint density at radius 1 is 1.00 bits per heavy atom. The van der Waals surface area contributed by atoms with E-state index in [0.29, 0.717) is 44.3 Å². The number of hydrogen-bond donors (Lipinski definition) is 2. The van der Waals surface area contributed by atoms with E-state index in [2.05, 4.69) is 9.97 Å². The average molecular weight is 385 g/mol. The summed E-state index contributed by atoms with van der Waals surface area (Å²) in [4.78, 5) is 9.00. The van der Waals surface area contributed by atoms with Crippen molar-refractivity contribution in [2.75, 3.05) is 5.73 Å². The van der Waals surface area contributed by atoms with E-state index in [1.807, 2.05) is 30.3 Å². The van der Waals surface area contributed by atoms with Crippen LogP contribution in [-0.2, 0) is 6.54 Å². The van der Waals surface area contributed by atoms with Gasteiger partial charge in [-0.05, 0) is 30.3 Å². The average Bonchev–Trinajstić information content (AvgIpc) is 3.05. The molecule has 0 bridgehead atoms. The summed E-state index contributed by atoms with van der Waals surface area (Å²) in [6, 6.07) is 14.7. The molecule has 4 rings (SSSR count). The van der Waals surface area contributed by atoms with Crippen molar-refractivity contribution in [2.45, 2.75) is 6.54 Å². The molecule has 0 atom stereocenters. The summed E-state index contributed by atoms with van der Waals surface area (Å²) < 4.78 is 5.86. The zero-order valence-corrected chi connectivity index (χ0v) is 15.1. The smallest absolute Gasteiger partial charge is 0.198 e. The molecule has 2 aromatic heterocycles. The molecule has 2 heterocycles. The fourth-order valence-corrected chi connectivity index (χ4v) is 3.31. The van der Waals surface area contributed by atoms with Crippen LogP contribution in [0.4, 0.5) is 5.82 Å². The van der Waals surface area contributed by atoms with Crippen LogP contribution >= 0.6 is 23.2 Å². The van der Waals surface area contributed by atoms with Gasteiger partial charge in [-0.25, -0.2) is 9.97 Å². The van der Waals surface area contributed by atoms with Gasteiger partial charge in [0.25, 0.3) is 0 Å². The minimum atomic E-state index is 0.181. The second-order valence-electron chi connectivity index (χ2n) is 5.74. The van der Waals surface area contributed by atoms with Crippen LogP contribution in [0.15, 0.2) is 52.9 Å². The van der Waals surface area contributed by atoms with Gasteiger partial charge in [0.05, 0.1) is 10.7 Å². The molecule has 130 valence electrons. The van der Waals surface area contributed by atoms with Gasteiger partial charge in [-0.1, -0.05) is 41.4 Å². The van der Waals surface area contributed by atoms with Crippen LogP contribution in [0.5, 0.6) is 0 Å². The first-order chi connectivity index (χ1) is 12.6. The SMILES string of the molecule is NCc1c(N)nc(-c2cc3ccccc3o2)nc1-c1ccc(Cl)cc1Cl. The second kappa shape index (κ2) is 6.61. The van der Waals surface area contributed by atoms with Crippen molar-refractivity contribution in [3.63, 3.8) is 0 Å². The van der Waals surface area contributed by atoms with Gasteiger partial charge in [-0.15, -0.1) is 0 Å². The maximum Gasteiger partial charge on any atom is 0.198 e. The Balaban J connectivity index is 1.93. The molecule has 0 aliphatic rings. The molecule has 0 spiro atoms. The molecule has 0 aliphatic heterocycles. The largest absolute Gasteiger partial charge is 0.453 e. The number of aromatic nitrogens is 2. The molecular weight excluding hydrogens is 371 g/mol. The summed E-state index contributed by atoms with van der Waals surface area (Å²) in [6.07, 6.45) is 0. The van der Waals surface area contributed by atoms with Crippen molar-refractivity contribution in [3.8, 4) is 22.8 Å². The molecule has 0 fully saturated rings. The van der Waals surface area contributed by atoms with Crippen LogP contribution in [0.3, 0.4) is 0 Å². The first-order valence-corrected chi connectivity index (χ1v) is 8.63. The van der Waals surface area contributed by atoms with Crippen molar-refractivity contribution in [2.24, 2.45) is 5.73 Å². The van der Waals surface area contributed by atoms with Crippen molar-refractivity contribution < 1.29 is 4.42 Å². The summed E-state index contributed by atoms with van der Waals surface area (Å²) in [5, 5.41) is 1.95. The zero-order chi connectivity index (χ0) is 18.3. The summed E-state index contributed by atoms with van der Waals surface area (Å²) in [5.74, 6) is 1.18. The Hall–Kier alpha value is -2.60. The third kappa shape index (κ3) is 2.90. The van der Waals surface area contributed by atoms with Crippen LogP contribution in [0.1, 0.15) is 5.56 Å². The number of anilines is 1. The molecule has 4 N–H and O–H groups in total. The lowest BCUT2D eigenvalue weighted by Gasteiger charge is -2.12. The van der Waals surface area contributed by atoms with Crippen LogP contribution in [0.25, 0.3) is 33.8 Å². The normalized spacial score (nSPS) is 11.2. The highest BCUT2D eigenvalue weighted by Gasteiger charge is 2.18. The van der Waals surface area contributed by atoms with Gasteiger partial charge in [-0.3, -0.25) is 0 Å². The van der Waals surface area contributed by atoms with E-state index in [-0.39, 0.29) is 6.54 Å². The van der Waals surface area contributed by atoms with Gasteiger partial charge in [-0.2, -0.15) is 0 Å². The topological polar surface area (TPSA) is 91.0 Å². The summed E-state index contributed by atoms with van der Waals surface area (Å²) in [7, 11) is 0. The number of nitrogens with two attached hydrogens (primary N) is 2. The lowest BCUT2D eigenvalue weighted by molar-refractivity contribution is 0.625. The van der Waals surface area contributed by atoms with Crippen LogP contribution in [0.2, 0.25) is 10.0 Å². The number of fused-ring (bicyclic) bond motifs is 1. The third-order valence-electron chi connectivity index (χ3n) is 4.08. The Labute approximate surface area is 159 Å². The number of hydrogen-bond acceptors (Lipinski definition) is 5. The number of furan rings is 1. The molecule has 0 aliphatic carbocycles. The molecule has 0 saturated heterocycles. The minimum absolute atomic E-state index is 0.181. The molecule has 0 saturated carbocycles. The predicted molar refractivity (Wildman–Crippen MR) is 105 cm³/mol. The molecule has 2 aromatic carbocycles. The highest BCUT2D eigenvalue weighted by atomic mass is 35.5. The van der Waals surface area contributed by atoms with Crippen molar-refractivity contribution in [1.29, 1.82) is 0 Å². The number of halogens is 2. The molecule has 0 amide bonds. The van der Waals surface area contributed by atoms with E-state index in [4.69, 9.17) is 39.1 Å². The number of benzene rings is 2. The Morgan fingerprint density at radius 3 is 2.54 bits per heavy atom. The maximum atomic E-state index is 6.36. The standard InChI is InChI=1S/C19H14Cl2N4O/c20-11-5-6-12(14(21)8-11)17-13(9-22)18(23)25-19(24-17)16-7-10-3-1-2-4-15(10)26-16/h1-8H,9,22H2,(H2,23,24,25). The van der Waals surface area contributed by atoms with E-state index in [0.717, 1.165) is 11.0 Å². The highest BCUT2D eigenvalue weighted by Crippen LogP contribution is 2.35. The molecular formula is C19H14Cl2N4O. The molecule has 0 radical (unpaired) electrons. The van der Waals surface area contributed by atoms with Crippen molar-refractivity contribution >= 4 is 40.0 Å². The quantitative estimate of drug-likeness (QED) is 0.523. The summed E-state index contributed by atoms with van der Waals surface area (Å²) in [6.45, 7) is 0.181. The van der Waals surface area contributed by atoms with Gasteiger partial charge in [0, 0.05) is 28.1 Å². The molecule has 26 heavy (non-hydrogen) atoms. The lowest BCUT2D eigenvalue weighted by Crippen LogP contribution is -2.09. The molecule has 0 unspecified atom stereocenters. The van der Waals surface area contributed by atoms with Gasteiger partial charge in [0.15, 0.2) is 11.6 Å². The maximum absolute atomic E-state index is 6.36. The fraction of sp³-hybridized carbons (Fsp3) is 0.0526. The number of nitrogens with zero attached hydrogens (tertiary/aromatic N) is 2. The Kier molecular flexibility index (Phi) is 4.28. The monoisotopic (exact) mass is 384 g/mol. The van der Waals surface area contributed by atoms with Crippen molar-refractivity contribution in [3.05, 3.63) is 64.1 Å². The number of para-hydroxylation sites is 1. The van der Waals surface area contributed by atoms with Gasteiger partial charge in [0.1, 0.15) is 11.4 Å². The van der Waals surface area contributed by atoms with Crippen LogP contribution in [-0.4, -0.2) is 9.97 Å². The molecule has 7 heteroatoms. The number of nitrogen functional groups attached to an aromatic ring is 1. The van der Waals surface area contributed by atoms with Crippen LogP contribution < -0.4 is 11.5 Å². The molecule has 5 nitrogen and oxygen atoms in total. The summed E-state index contributed by atoms with van der Waals surface area (Å²) >= 11 is 12.4.